The van der Waals surface area contributed by atoms with Crippen LogP contribution in [-0.2, 0) is 13.6 Å². The Bertz CT molecular complexity index is 606. The minimum absolute atomic E-state index is 0.411. The molecule has 2 heterocycles. The van der Waals surface area contributed by atoms with Crippen LogP contribution in [0.15, 0.2) is 30.3 Å². The average Bonchev–Trinajstić information content (AvgIpc) is 3.03. The summed E-state index contributed by atoms with van der Waals surface area (Å²) in [4.78, 5) is 2.54. The quantitative estimate of drug-likeness (QED) is 0.865. The van der Waals surface area contributed by atoms with Crippen LogP contribution in [0.5, 0.6) is 5.88 Å². The third kappa shape index (κ3) is 2.68. The van der Waals surface area contributed by atoms with Gasteiger partial charge in [0.25, 0.3) is 0 Å². The molecule has 2 aromatic rings. The van der Waals surface area contributed by atoms with Crippen molar-refractivity contribution in [3.63, 3.8) is 0 Å². The van der Waals surface area contributed by atoms with Gasteiger partial charge in [0.15, 0.2) is 0 Å². The summed E-state index contributed by atoms with van der Waals surface area (Å²) < 4.78 is 7.43. The lowest BCUT2D eigenvalue weighted by Crippen LogP contribution is -2.23. The average molecular weight is 285 g/mol. The third-order valence-electron chi connectivity index (χ3n) is 4.33. The van der Waals surface area contributed by atoms with E-state index in [9.17, 15) is 0 Å². The van der Waals surface area contributed by atoms with Gasteiger partial charge in [-0.1, -0.05) is 30.3 Å². The standard InChI is InChI=1S/C17H23N3O/c1-13-16(17(21-3)19(2)18-13)15-10-7-11-20(15)12-14-8-5-4-6-9-14/h4-6,8-9,15H,7,10-12H2,1-3H3/t15-/m1/s1. The number of ether oxygens (including phenoxy) is 1. The van der Waals surface area contributed by atoms with Crippen molar-refractivity contribution in [2.75, 3.05) is 13.7 Å². The van der Waals surface area contributed by atoms with Gasteiger partial charge in [-0.25, -0.2) is 4.68 Å². The molecule has 0 spiro atoms. The van der Waals surface area contributed by atoms with Gasteiger partial charge in [0.2, 0.25) is 5.88 Å². The lowest BCUT2D eigenvalue weighted by atomic mass is 10.0. The summed E-state index contributed by atoms with van der Waals surface area (Å²) in [5, 5.41) is 4.53. The Morgan fingerprint density at radius 1 is 1.29 bits per heavy atom. The Morgan fingerprint density at radius 3 is 2.76 bits per heavy atom. The third-order valence-corrected chi connectivity index (χ3v) is 4.33. The van der Waals surface area contributed by atoms with E-state index >= 15 is 0 Å². The zero-order chi connectivity index (χ0) is 14.8. The maximum Gasteiger partial charge on any atom is 0.216 e. The Hall–Kier alpha value is -1.81. The highest BCUT2D eigenvalue weighted by atomic mass is 16.5. The van der Waals surface area contributed by atoms with Crippen molar-refractivity contribution < 1.29 is 4.74 Å². The van der Waals surface area contributed by atoms with E-state index in [1.54, 1.807) is 7.11 Å². The van der Waals surface area contributed by atoms with E-state index in [0.717, 1.165) is 24.7 Å². The van der Waals surface area contributed by atoms with E-state index in [-0.39, 0.29) is 0 Å². The molecule has 1 aromatic heterocycles. The highest BCUT2D eigenvalue weighted by molar-refractivity contribution is 5.35. The predicted molar refractivity (Wildman–Crippen MR) is 83.3 cm³/mol. The van der Waals surface area contributed by atoms with Crippen molar-refractivity contribution in [2.45, 2.75) is 32.4 Å². The molecule has 1 aromatic carbocycles. The molecule has 4 heteroatoms. The number of benzene rings is 1. The van der Waals surface area contributed by atoms with E-state index in [0.29, 0.717) is 6.04 Å². The largest absolute Gasteiger partial charge is 0.481 e. The van der Waals surface area contributed by atoms with Crippen molar-refractivity contribution in [1.82, 2.24) is 14.7 Å². The number of aromatic nitrogens is 2. The first-order chi connectivity index (χ1) is 10.2. The van der Waals surface area contributed by atoms with Gasteiger partial charge in [0.05, 0.1) is 18.4 Å². The van der Waals surface area contributed by atoms with E-state index in [1.165, 1.54) is 24.0 Å². The second-order valence-electron chi connectivity index (χ2n) is 5.75. The zero-order valence-electron chi connectivity index (χ0n) is 13.0. The molecular weight excluding hydrogens is 262 g/mol. The number of methoxy groups -OCH3 is 1. The summed E-state index contributed by atoms with van der Waals surface area (Å²) in [5.41, 5.74) is 3.71. The fraction of sp³-hybridized carbons (Fsp3) is 0.471. The van der Waals surface area contributed by atoms with Gasteiger partial charge in [-0.3, -0.25) is 4.90 Å². The number of hydrogen-bond acceptors (Lipinski definition) is 3. The highest BCUT2D eigenvalue weighted by Crippen LogP contribution is 2.39. The van der Waals surface area contributed by atoms with Gasteiger partial charge in [0, 0.05) is 19.6 Å². The fourth-order valence-corrected chi connectivity index (χ4v) is 3.44. The zero-order valence-corrected chi connectivity index (χ0v) is 13.0. The summed E-state index contributed by atoms with van der Waals surface area (Å²) >= 11 is 0. The molecule has 0 radical (unpaired) electrons. The molecule has 1 atom stereocenters. The lowest BCUT2D eigenvalue weighted by Gasteiger charge is -2.25. The number of nitrogens with zero attached hydrogens (tertiary/aromatic N) is 3. The Kier molecular flexibility index (Phi) is 3.97. The molecule has 1 saturated heterocycles. The first kappa shape index (κ1) is 14.1. The highest BCUT2D eigenvalue weighted by Gasteiger charge is 2.31. The van der Waals surface area contributed by atoms with Crippen LogP contribution in [0.4, 0.5) is 0 Å². The van der Waals surface area contributed by atoms with Crippen molar-refractivity contribution >= 4 is 0 Å². The van der Waals surface area contributed by atoms with Gasteiger partial charge >= 0.3 is 0 Å². The molecule has 1 aliphatic heterocycles. The molecule has 0 bridgehead atoms. The van der Waals surface area contributed by atoms with Crippen LogP contribution in [0.25, 0.3) is 0 Å². The molecule has 21 heavy (non-hydrogen) atoms. The molecular formula is C17H23N3O. The van der Waals surface area contributed by atoms with Crippen LogP contribution in [0.3, 0.4) is 0 Å². The van der Waals surface area contributed by atoms with Crippen molar-refractivity contribution in [3.05, 3.63) is 47.2 Å². The van der Waals surface area contributed by atoms with Gasteiger partial charge in [-0.2, -0.15) is 5.10 Å². The molecule has 0 aliphatic carbocycles. The summed E-state index contributed by atoms with van der Waals surface area (Å²) in [7, 11) is 3.68. The maximum atomic E-state index is 5.58. The Balaban J connectivity index is 1.87. The van der Waals surface area contributed by atoms with E-state index < -0.39 is 0 Å². The first-order valence-electron chi connectivity index (χ1n) is 7.56. The minimum atomic E-state index is 0.411. The van der Waals surface area contributed by atoms with Crippen LogP contribution < -0.4 is 4.74 Å². The summed E-state index contributed by atoms with van der Waals surface area (Å²) in [6.45, 7) is 4.21. The summed E-state index contributed by atoms with van der Waals surface area (Å²) in [5.74, 6) is 0.900. The van der Waals surface area contributed by atoms with Crippen molar-refractivity contribution in [1.29, 1.82) is 0 Å². The van der Waals surface area contributed by atoms with Crippen LogP contribution in [0.2, 0.25) is 0 Å². The monoisotopic (exact) mass is 285 g/mol. The molecule has 1 fully saturated rings. The van der Waals surface area contributed by atoms with Crippen molar-refractivity contribution in [2.24, 2.45) is 7.05 Å². The van der Waals surface area contributed by atoms with Crippen LogP contribution >= 0.6 is 0 Å². The molecule has 0 N–H and O–H groups in total. The minimum Gasteiger partial charge on any atom is -0.481 e. The Morgan fingerprint density at radius 2 is 2.05 bits per heavy atom. The molecule has 112 valence electrons. The molecule has 1 aliphatic rings. The van der Waals surface area contributed by atoms with E-state index in [1.807, 2.05) is 11.7 Å². The van der Waals surface area contributed by atoms with Crippen LogP contribution in [0.1, 0.15) is 35.7 Å². The summed E-state index contributed by atoms with van der Waals surface area (Å²) in [6.07, 6.45) is 2.41. The molecule has 3 rings (SSSR count). The van der Waals surface area contributed by atoms with Gasteiger partial charge in [-0.15, -0.1) is 0 Å². The smallest absolute Gasteiger partial charge is 0.216 e. The molecule has 0 saturated carbocycles. The maximum absolute atomic E-state index is 5.58. The predicted octanol–water partition coefficient (Wildman–Crippen LogP) is 3.07. The van der Waals surface area contributed by atoms with Crippen LogP contribution in [-0.4, -0.2) is 28.3 Å². The second kappa shape index (κ2) is 5.90. The first-order valence-corrected chi connectivity index (χ1v) is 7.56. The molecule has 4 nitrogen and oxygen atoms in total. The Labute approximate surface area is 126 Å². The SMILES string of the molecule is COc1c([C@H]2CCCN2Cc2ccccc2)c(C)nn1C. The van der Waals surface area contributed by atoms with Gasteiger partial charge in [-0.05, 0) is 31.9 Å². The van der Waals surface area contributed by atoms with Gasteiger partial charge < -0.3 is 4.74 Å². The number of hydrogen-bond donors (Lipinski definition) is 0. The van der Waals surface area contributed by atoms with Gasteiger partial charge in [0.1, 0.15) is 0 Å². The molecule has 0 amide bonds. The number of aryl methyl sites for hydroxylation is 2. The normalized spacial score (nSPS) is 19.1. The molecule has 0 unspecified atom stereocenters. The van der Waals surface area contributed by atoms with Crippen LogP contribution in [0, 0.1) is 6.92 Å². The lowest BCUT2D eigenvalue weighted by molar-refractivity contribution is 0.241. The second-order valence-corrected chi connectivity index (χ2v) is 5.75. The number of likely N-dealkylation sites (tertiary alicyclic amines) is 1. The van der Waals surface area contributed by atoms with Crippen molar-refractivity contribution in [3.8, 4) is 5.88 Å². The van der Waals surface area contributed by atoms with E-state index in [2.05, 4.69) is 47.3 Å². The summed E-state index contributed by atoms with van der Waals surface area (Å²) in [6, 6.07) is 11.1. The topological polar surface area (TPSA) is 30.3 Å². The number of rotatable bonds is 4. The fourth-order valence-electron chi connectivity index (χ4n) is 3.44. The van der Waals surface area contributed by atoms with E-state index in [4.69, 9.17) is 4.74 Å².